The number of nitrogens with zero attached hydrogens (tertiary/aromatic N) is 4. The zero-order chi connectivity index (χ0) is 16.2. The number of carbonyl (C=O) groups is 1. The maximum atomic E-state index is 12.6. The van der Waals surface area contributed by atoms with Gasteiger partial charge in [-0.2, -0.15) is 0 Å². The van der Waals surface area contributed by atoms with Crippen LogP contribution in [0.4, 0.5) is 5.69 Å². The van der Waals surface area contributed by atoms with Crippen LogP contribution in [0.3, 0.4) is 0 Å². The zero-order valence-corrected chi connectivity index (χ0v) is 13.3. The molecule has 0 saturated heterocycles. The van der Waals surface area contributed by atoms with Gasteiger partial charge in [-0.1, -0.05) is 11.6 Å². The molecule has 0 aliphatic carbocycles. The highest BCUT2D eigenvalue weighted by molar-refractivity contribution is 6.32. The van der Waals surface area contributed by atoms with Crippen LogP contribution in [0.5, 0.6) is 0 Å². The molecule has 0 radical (unpaired) electrons. The summed E-state index contributed by atoms with van der Waals surface area (Å²) in [5.41, 5.74) is -0.197. The van der Waals surface area contributed by atoms with E-state index in [2.05, 4.69) is 4.98 Å². The molecule has 0 aliphatic heterocycles. The third-order valence-corrected chi connectivity index (χ3v) is 3.33. The van der Waals surface area contributed by atoms with Gasteiger partial charge < -0.3 is 9.80 Å². The van der Waals surface area contributed by atoms with E-state index in [1.165, 1.54) is 6.07 Å². The number of likely N-dealkylation sites (N-methyl/N-ethyl adjacent to an activating group) is 2. The first-order valence-electron chi connectivity index (χ1n) is 6.53. The predicted molar refractivity (Wildman–Crippen MR) is 80.6 cm³/mol. The van der Waals surface area contributed by atoms with Crippen LogP contribution in [0.25, 0.3) is 0 Å². The van der Waals surface area contributed by atoms with Gasteiger partial charge in [0.15, 0.2) is 0 Å². The molecule has 0 N–H and O–H groups in total. The number of aromatic nitrogens is 1. The summed E-state index contributed by atoms with van der Waals surface area (Å²) in [6.45, 7) is 4.93. The number of carbonyl (C=O) groups excluding carboxylic acids is 1. The molecule has 8 heteroatoms. The summed E-state index contributed by atoms with van der Waals surface area (Å²) >= 11 is 5.92. The van der Waals surface area contributed by atoms with Crippen LogP contribution in [-0.2, 0) is 0 Å². The third-order valence-electron chi connectivity index (χ3n) is 3.03. The molecule has 0 aromatic carbocycles. The molecular formula is C13H19ClN4O3. The van der Waals surface area contributed by atoms with Gasteiger partial charge in [0.2, 0.25) is 0 Å². The fourth-order valence-electron chi connectivity index (χ4n) is 2.12. The Balaban J connectivity index is 3.10. The maximum Gasteiger partial charge on any atom is 0.288 e. The molecule has 1 amide bonds. The molecule has 1 aromatic rings. The van der Waals surface area contributed by atoms with Crippen LogP contribution in [-0.4, -0.2) is 58.8 Å². The molecule has 1 unspecified atom stereocenters. The molecule has 21 heavy (non-hydrogen) atoms. The Morgan fingerprint density at radius 3 is 2.62 bits per heavy atom. The van der Waals surface area contributed by atoms with Gasteiger partial charge in [-0.05, 0) is 27.9 Å². The smallest absolute Gasteiger partial charge is 0.288 e. The lowest BCUT2D eigenvalue weighted by Gasteiger charge is -2.30. The topological polar surface area (TPSA) is 79.6 Å². The summed E-state index contributed by atoms with van der Waals surface area (Å²) in [4.78, 5) is 30.1. The quantitative estimate of drug-likeness (QED) is 0.456. The normalized spacial score (nSPS) is 12.3. The first kappa shape index (κ1) is 17.3. The molecule has 0 fully saturated rings. The number of amides is 1. The molecule has 0 saturated carbocycles. The van der Waals surface area contributed by atoms with Crippen LogP contribution in [0.15, 0.2) is 12.3 Å². The number of halogens is 1. The average Bonchev–Trinajstić information content (AvgIpc) is 2.38. The predicted octanol–water partition coefficient (Wildman–Crippen LogP) is 2.06. The number of hydrogen-bond acceptors (Lipinski definition) is 5. The first-order chi connectivity index (χ1) is 9.77. The zero-order valence-electron chi connectivity index (χ0n) is 12.5. The molecule has 0 aliphatic rings. The van der Waals surface area contributed by atoms with Crippen LogP contribution < -0.4 is 0 Å². The lowest BCUT2D eigenvalue weighted by Crippen LogP contribution is -2.43. The highest BCUT2D eigenvalue weighted by Crippen LogP contribution is 2.21. The van der Waals surface area contributed by atoms with Crippen molar-refractivity contribution in [2.45, 2.75) is 19.9 Å². The van der Waals surface area contributed by atoms with E-state index in [1.807, 2.05) is 32.8 Å². The lowest BCUT2D eigenvalue weighted by atomic mass is 10.2. The SMILES string of the molecule is CCN(C(=O)c1cc([N+](=O)[O-])cnc1Cl)C(C)CN(C)C. The number of nitro groups is 1. The van der Waals surface area contributed by atoms with E-state index in [-0.39, 0.29) is 28.4 Å². The van der Waals surface area contributed by atoms with E-state index in [0.29, 0.717) is 13.1 Å². The van der Waals surface area contributed by atoms with Crippen LogP contribution >= 0.6 is 11.6 Å². The first-order valence-corrected chi connectivity index (χ1v) is 6.91. The molecular weight excluding hydrogens is 296 g/mol. The van der Waals surface area contributed by atoms with E-state index in [9.17, 15) is 14.9 Å². The summed E-state index contributed by atoms with van der Waals surface area (Å²) in [6, 6.07) is 1.12. The van der Waals surface area contributed by atoms with Crippen molar-refractivity contribution in [3.05, 3.63) is 33.1 Å². The molecule has 7 nitrogen and oxygen atoms in total. The van der Waals surface area contributed by atoms with Crippen LogP contribution in [0.2, 0.25) is 5.15 Å². The second-order valence-electron chi connectivity index (χ2n) is 4.99. The highest BCUT2D eigenvalue weighted by Gasteiger charge is 2.25. The van der Waals surface area contributed by atoms with E-state index < -0.39 is 4.92 Å². The van der Waals surface area contributed by atoms with Crippen molar-refractivity contribution in [2.24, 2.45) is 0 Å². The fraction of sp³-hybridized carbons (Fsp3) is 0.538. The van der Waals surface area contributed by atoms with Gasteiger partial charge in [-0.3, -0.25) is 14.9 Å². The standard InChI is InChI=1S/C13H19ClN4O3/c1-5-17(9(2)8-16(3)4)13(19)11-6-10(18(20)21)7-15-12(11)14/h6-7,9H,5,8H2,1-4H3. The summed E-state index contributed by atoms with van der Waals surface area (Å²) in [7, 11) is 3.83. The van der Waals surface area contributed by atoms with Gasteiger partial charge in [-0.15, -0.1) is 0 Å². The van der Waals surface area contributed by atoms with Crippen molar-refractivity contribution >= 4 is 23.2 Å². The van der Waals surface area contributed by atoms with Gasteiger partial charge >= 0.3 is 0 Å². The number of rotatable bonds is 6. The van der Waals surface area contributed by atoms with Gasteiger partial charge in [0.05, 0.1) is 10.5 Å². The Bertz CT molecular complexity index is 536. The van der Waals surface area contributed by atoms with Gasteiger partial charge in [0.25, 0.3) is 11.6 Å². The maximum absolute atomic E-state index is 12.6. The number of hydrogen-bond donors (Lipinski definition) is 0. The van der Waals surface area contributed by atoms with Crippen molar-refractivity contribution in [3.8, 4) is 0 Å². The van der Waals surface area contributed by atoms with Crippen molar-refractivity contribution in [2.75, 3.05) is 27.2 Å². The summed E-state index contributed by atoms with van der Waals surface area (Å²) in [6.07, 6.45) is 1.04. The summed E-state index contributed by atoms with van der Waals surface area (Å²) in [5.74, 6) is -0.354. The highest BCUT2D eigenvalue weighted by atomic mass is 35.5. The Hall–Kier alpha value is -1.73. The van der Waals surface area contributed by atoms with Crippen molar-refractivity contribution in [1.82, 2.24) is 14.8 Å². The molecule has 1 heterocycles. The van der Waals surface area contributed by atoms with Gasteiger partial charge in [0.1, 0.15) is 11.3 Å². The summed E-state index contributed by atoms with van der Waals surface area (Å²) < 4.78 is 0. The minimum Gasteiger partial charge on any atom is -0.335 e. The largest absolute Gasteiger partial charge is 0.335 e. The molecule has 0 bridgehead atoms. The van der Waals surface area contributed by atoms with Crippen molar-refractivity contribution in [1.29, 1.82) is 0 Å². The second kappa shape index (κ2) is 7.33. The monoisotopic (exact) mass is 314 g/mol. The van der Waals surface area contributed by atoms with Crippen molar-refractivity contribution < 1.29 is 9.72 Å². The van der Waals surface area contributed by atoms with E-state index in [1.54, 1.807) is 4.90 Å². The lowest BCUT2D eigenvalue weighted by molar-refractivity contribution is -0.385. The summed E-state index contributed by atoms with van der Waals surface area (Å²) in [5, 5.41) is 10.8. The third kappa shape index (κ3) is 4.37. The average molecular weight is 315 g/mol. The molecule has 0 spiro atoms. The molecule has 1 aromatic heterocycles. The minimum absolute atomic E-state index is 0.0268. The molecule has 1 rings (SSSR count). The molecule has 1 atom stereocenters. The van der Waals surface area contributed by atoms with E-state index in [0.717, 1.165) is 6.20 Å². The van der Waals surface area contributed by atoms with E-state index in [4.69, 9.17) is 11.6 Å². The van der Waals surface area contributed by atoms with Crippen LogP contribution in [0, 0.1) is 10.1 Å². The Morgan fingerprint density at radius 2 is 2.14 bits per heavy atom. The number of pyridine rings is 1. The van der Waals surface area contributed by atoms with Crippen LogP contribution in [0.1, 0.15) is 24.2 Å². The second-order valence-corrected chi connectivity index (χ2v) is 5.35. The Labute approximate surface area is 128 Å². The van der Waals surface area contributed by atoms with Crippen molar-refractivity contribution in [3.63, 3.8) is 0 Å². The Kier molecular flexibility index (Phi) is 6.04. The Morgan fingerprint density at radius 1 is 1.52 bits per heavy atom. The molecule has 116 valence electrons. The van der Waals surface area contributed by atoms with Gasteiger partial charge in [-0.25, -0.2) is 4.98 Å². The van der Waals surface area contributed by atoms with Gasteiger partial charge in [0, 0.05) is 25.2 Å². The minimum atomic E-state index is -0.598. The van der Waals surface area contributed by atoms with E-state index >= 15 is 0 Å². The fourth-order valence-corrected chi connectivity index (χ4v) is 2.31.